The van der Waals surface area contributed by atoms with Crippen molar-refractivity contribution in [1.82, 2.24) is 10.3 Å². The number of rotatable bonds is 5. The molecule has 0 bridgehead atoms. The Hall–Kier alpha value is -1.65. The van der Waals surface area contributed by atoms with Crippen LogP contribution in [0.15, 0.2) is 18.3 Å². The predicted molar refractivity (Wildman–Crippen MR) is 53.0 cm³/mol. The summed E-state index contributed by atoms with van der Waals surface area (Å²) < 4.78 is 17.7. The Morgan fingerprint density at radius 1 is 1.60 bits per heavy atom. The molecule has 82 valence electrons. The van der Waals surface area contributed by atoms with E-state index >= 15 is 0 Å². The Bertz CT molecular complexity index is 314. The minimum atomic E-state index is -0.535. The third-order valence-corrected chi connectivity index (χ3v) is 1.80. The van der Waals surface area contributed by atoms with Crippen molar-refractivity contribution in [2.45, 2.75) is 12.8 Å². The Morgan fingerprint density at radius 2 is 2.40 bits per heavy atom. The van der Waals surface area contributed by atoms with E-state index in [0.717, 1.165) is 0 Å². The summed E-state index contributed by atoms with van der Waals surface area (Å²) >= 11 is 0. The van der Waals surface area contributed by atoms with Gasteiger partial charge in [0.05, 0.1) is 12.8 Å². The summed E-state index contributed by atoms with van der Waals surface area (Å²) in [6.45, 7) is 0.417. The quantitative estimate of drug-likeness (QED) is 0.588. The summed E-state index contributed by atoms with van der Waals surface area (Å²) in [5.74, 6) is -0.0446. The van der Waals surface area contributed by atoms with Crippen LogP contribution in [-0.2, 0) is 4.79 Å². The summed E-state index contributed by atoms with van der Waals surface area (Å²) in [4.78, 5) is 14.3. The van der Waals surface area contributed by atoms with Crippen molar-refractivity contribution in [2.24, 2.45) is 0 Å². The summed E-state index contributed by atoms with van der Waals surface area (Å²) in [7, 11) is 1.59. The van der Waals surface area contributed by atoms with Crippen molar-refractivity contribution < 1.29 is 13.9 Å². The van der Waals surface area contributed by atoms with Gasteiger partial charge in [0.2, 0.25) is 11.9 Å². The van der Waals surface area contributed by atoms with Crippen LogP contribution in [0.25, 0.3) is 0 Å². The van der Waals surface area contributed by atoms with Crippen molar-refractivity contribution in [3.8, 4) is 5.75 Å². The number of nitrogens with one attached hydrogen (secondary N) is 1. The molecule has 0 saturated heterocycles. The average Bonchev–Trinajstić information content (AvgIpc) is 2.26. The van der Waals surface area contributed by atoms with Crippen LogP contribution in [-0.4, -0.2) is 24.5 Å². The van der Waals surface area contributed by atoms with Crippen LogP contribution in [0, 0.1) is 5.95 Å². The smallest absolute Gasteiger partial charge is 0.219 e. The SMILES string of the molecule is CNC(=O)CCCOc1ccc(F)nc1. The van der Waals surface area contributed by atoms with Gasteiger partial charge < -0.3 is 10.1 Å². The van der Waals surface area contributed by atoms with Crippen molar-refractivity contribution in [1.29, 1.82) is 0 Å². The van der Waals surface area contributed by atoms with Gasteiger partial charge in [-0.2, -0.15) is 4.39 Å². The molecule has 0 radical (unpaired) electrons. The molecule has 0 aliphatic rings. The van der Waals surface area contributed by atoms with E-state index in [1.165, 1.54) is 18.3 Å². The summed E-state index contributed by atoms with van der Waals surface area (Å²) in [5.41, 5.74) is 0. The highest BCUT2D eigenvalue weighted by atomic mass is 19.1. The topological polar surface area (TPSA) is 51.2 Å². The van der Waals surface area contributed by atoms with Crippen LogP contribution < -0.4 is 10.1 Å². The first kappa shape index (κ1) is 11.4. The highest BCUT2D eigenvalue weighted by Gasteiger charge is 1.99. The molecule has 0 aliphatic heterocycles. The predicted octanol–water partition coefficient (Wildman–Crippen LogP) is 1.13. The van der Waals surface area contributed by atoms with Crippen molar-refractivity contribution in [3.63, 3.8) is 0 Å². The Balaban J connectivity index is 2.20. The average molecular weight is 212 g/mol. The molecule has 1 aromatic heterocycles. The molecule has 0 spiro atoms. The first-order valence-corrected chi connectivity index (χ1v) is 4.67. The Kier molecular flexibility index (Phi) is 4.53. The first-order valence-electron chi connectivity index (χ1n) is 4.67. The van der Waals surface area contributed by atoms with Gasteiger partial charge in [0.15, 0.2) is 0 Å². The van der Waals surface area contributed by atoms with E-state index in [1.807, 2.05) is 0 Å². The minimum absolute atomic E-state index is 0.0177. The molecule has 0 aromatic carbocycles. The summed E-state index contributed by atoms with van der Waals surface area (Å²) in [6.07, 6.45) is 2.36. The van der Waals surface area contributed by atoms with Gasteiger partial charge in [-0.05, 0) is 18.6 Å². The maximum atomic E-state index is 12.4. The van der Waals surface area contributed by atoms with Gasteiger partial charge in [0, 0.05) is 13.5 Å². The number of aromatic nitrogens is 1. The Labute approximate surface area is 87.5 Å². The van der Waals surface area contributed by atoms with Crippen LogP contribution >= 0.6 is 0 Å². The number of carbonyl (C=O) groups is 1. The van der Waals surface area contributed by atoms with Crippen molar-refractivity contribution in [3.05, 3.63) is 24.3 Å². The normalized spacial score (nSPS) is 9.73. The molecule has 4 nitrogen and oxygen atoms in total. The molecule has 0 fully saturated rings. The van der Waals surface area contributed by atoms with Gasteiger partial charge in [-0.3, -0.25) is 4.79 Å². The second kappa shape index (κ2) is 5.95. The number of nitrogens with zero attached hydrogens (tertiary/aromatic N) is 1. The van der Waals surface area contributed by atoms with E-state index < -0.39 is 5.95 Å². The minimum Gasteiger partial charge on any atom is -0.492 e. The molecule has 1 heterocycles. The number of hydrogen-bond donors (Lipinski definition) is 1. The monoisotopic (exact) mass is 212 g/mol. The molecule has 1 amide bonds. The molecule has 1 N–H and O–H groups in total. The van der Waals surface area contributed by atoms with Crippen LogP contribution in [0.1, 0.15) is 12.8 Å². The highest BCUT2D eigenvalue weighted by molar-refractivity contribution is 5.75. The number of carbonyl (C=O) groups excluding carboxylic acids is 1. The van der Waals surface area contributed by atoms with Crippen molar-refractivity contribution >= 4 is 5.91 Å². The van der Waals surface area contributed by atoms with E-state index in [4.69, 9.17) is 4.74 Å². The third-order valence-electron chi connectivity index (χ3n) is 1.80. The van der Waals surface area contributed by atoms with Gasteiger partial charge in [-0.15, -0.1) is 0 Å². The Morgan fingerprint density at radius 3 is 3.00 bits per heavy atom. The van der Waals surface area contributed by atoms with Gasteiger partial charge in [0.25, 0.3) is 0 Å². The van der Waals surface area contributed by atoms with Crippen molar-refractivity contribution in [2.75, 3.05) is 13.7 Å². The van der Waals surface area contributed by atoms with E-state index in [2.05, 4.69) is 10.3 Å². The second-order valence-corrected chi connectivity index (χ2v) is 2.94. The molecule has 1 aromatic rings. The first-order chi connectivity index (χ1) is 7.22. The molecule has 1 rings (SSSR count). The fourth-order valence-corrected chi connectivity index (χ4v) is 0.995. The van der Waals surface area contributed by atoms with Crippen LogP contribution in [0.2, 0.25) is 0 Å². The molecule has 0 unspecified atom stereocenters. The number of pyridine rings is 1. The molecule has 15 heavy (non-hydrogen) atoms. The lowest BCUT2D eigenvalue weighted by atomic mass is 10.3. The zero-order valence-electron chi connectivity index (χ0n) is 8.50. The summed E-state index contributed by atoms with van der Waals surface area (Å²) in [6, 6.07) is 2.73. The fraction of sp³-hybridized carbons (Fsp3) is 0.400. The standard InChI is InChI=1S/C10H13FN2O2/c1-12-10(14)3-2-6-15-8-4-5-9(11)13-7-8/h4-5,7H,2-3,6H2,1H3,(H,12,14). The van der Waals surface area contributed by atoms with E-state index in [1.54, 1.807) is 7.05 Å². The second-order valence-electron chi connectivity index (χ2n) is 2.94. The molecule has 0 atom stereocenters. The molecular formula is C10H13FN2O2. The lowest BCUT2D eigenvalue weighted by molar-refractivity contribution is -0.120. The van der Waals surface area contributed by atoms with Crippen LogP contribution in [0.3, 0.4) is 0 Å². The number of hydrogen-bond acceptors (Lipinski definition) is 3. The molecule has 5 heteroatoms. The number of amides is 1. The molecule has 0 aliphatic carbocycles. The number of halogens is 1. The van der Waals surface area contributed by atoms with Gasteiger partial charge in [-0.1, -0.05) is 0 Å². The van der Waals surface area contributed by atoms with E-state index in [9.17, 15) is 9.18 Å². The molecule has 0 saturated carbocycles. The fourth-order valence-electron chi connectivity index (χ4n) is 0.995. The largest absolute Gasteiger partial charge is 0.492 e. The van der Waals surface area contributed by atoms with Gasteiger partial charge in [0.1, 0.15) is 5.75 Å². The zero-order valence-corrected chi connectivity index (χ0v) is 8.50. The van der Waals surface area contributed by atoms with Crippen LogP contribution in [0.5, 0.6) is 5.75 Å². The van der Waals surface area contributed by atoms with Gasteiger partial charge in [-0.25, -0.2) is 4.98 Å². The van der Waals surface area contributed by atoms with Crippen LogP contribution in [0.4, 0.5) is 4.39 Å². The molecular weight excluding hydrogens is 199 g/mol. The lowest BCUT2D eigenvalue weighted by Gasteiger charge is -2.04. The number of ether oxygens (including phenoxy) is 1. The van der Waals surface area contributed by atoms with E-state index in [-0.39, 0.29) is 5.91 Å². The zero-order chi connectivity index (χ0) is 11.1. The highest BCUT2D eigenvalue weighted by Crippen LogP contribution is 2.08. The van der Waals surface area contributed by atoms with Gasteiger partial charge >= 0.3 is 0 Å². The lowest BCUT2D eigenvalue weighted by Crippen LogP contribution is -2.18. The van der Waals surface area contributed by atoms with E-state index in [0.29, 0.717) is 25.2 Å². The maximum absolute atomic E-state index is 12.4. The maximum Gasteiger partial charge on any atom is 0.219 e. The third kappa shape index (κ3) is 4.39. The summed E-state index contributed by atoms with van der Waals surface area (Å²) in [5, 5.41) is 2.51.